The van der Waals surface area contributed by atoms with E-state index in [4.69, 9.17) is 10.2 Å². The summed E-state index contributed by atoms with van der Waals surface area (Å²) in [6, 6.07) is 16.4. The highest BCUT2D eigenvalue weighted by Crippen LogP contribution is 2.29. The van der Waals surface area contributed by atoms with Crippen molar-refractivity contribution in [3.05, 3.63) is 82.9 Å². The summed E-state index contributed by atoms with van der Waals surface area (Å²) in [7, 11) is 0. The van der Waals surface area contributed by atoms with Gasteiger partial charge in [-0.05, 0) is 59.7 Å². The number of hydrogen-bond donors (Lipinski definition) is 2. The lowest BCUT2D eigenvalue weighted by atomic mass is 10.0. The van der Waals surface area contributed by atoms with Crippen LogP contribution >= 0.6 is 0 Å². The number of nitrogens with zero attached hydrogens (tertiary/aromatic N) is 1. The maximum atomic E-state index is 11.2. The number of carboxylic acid groups (broad SMARTS) is 1. The van der Waals surface area contributed by atoms with Crippen LogP contribution in [0.4, 0.5) is 0 Å². The molecule has 0 atom stereocenters. The zero-order chi connectivity index (χ0) is 22.1. The number of aliphatic hydroxyl groups is 1. The van der Waals surface area contributed by atoms with Crippen molar-refractivity contribution < 1.29 is 19.8 Å². The summed E-state index contributed by atoms with van der Waals surface area (Å²) in [6.45, 7) is 1.86. The van der Waals surface area contributed by atoms with E-state index in [2.05, 4.69) is 35.2 Å². The number of hydrogen-bond acceptors (Lipinski definition) is 4. The minimum absolute atomic E-state index is 0.171. The second-order valence-electron chi connectivity index (χ2n) is 7.81. The Morgan fingerprint density at radius 1 is 1.03 bits per heavy atom. The van der Waals surface area contributed by atoms with Gasteiger partial charge in [-0.2, -0.15) is 0 Å². The van der Waals surface area contributed by atoms with E-state index in [1.165, 1.54) is 22.8 Å². The highest BCUT2D eigenvalue weighted by atomic mass is 16.4. The van der Waals surface area contributed by atoms with Crippen LogP contribution in [-0.2, 0) is 22.6 Å². The Balaban J connectivity index is 1.61. The second kappa shape index (κ2) is 11.4. The Labute approximate surface area is 183 Å². The Morgan fingerprint density at radius 3 is 2.55 bits per heavy atom. The van der Waals surface area contributed by atoms with Crippen LogP contribution in [0.2, 0.25) is 0 Å². The van der Waals surface area contributed by atoms with Crippen molar-refractivity contribution in [3.63, 3.8) is 0 Å². The van der Waals surface area contributed by atoms with Crippen LogP contribution in [0.5, 0.6) is 0 Å². The molecule has 2 aromatic carbocycles. The standard InChI is InChI=1S/C26H29NO4/c28-19-24(29)14-11-20-7-9-21(10-8-20)18-27(16-3-6-26(30)31)17-15-23-13-12-22-4-1-2-5-25(22)23/h1-2,4-5,7-11,13-14,28H,3,6,12,15-19H2,(H,30,31)/b14-11+. The summed E-state index contributed by atoms with van der Waals surface area (Å²) in [5.74, 6) is -1.09. The fourth-order valence-electron chi connectivity index (χ4n) is 3.83. The van der Waals surface area contributed by atoms with Gasteiger partial charge in [0, 0.05) is 19.5 Å². The van der Waals surface area contributed by atoms with Crippen molar-refractivity contribution >= 4 is 23.4 Å². The van der Waals surface area contributed by atoms with Crippen molar-refractivity contribution in [1.29, 1.82) is 0 Å². The Bertz CT molecular complexity index is 960. The molecule has 0 heterocycles. The SMILES string of the molecule is O=C(O)CCCN(CCC1=CCc2ccccc21)Cc1ccc(/C=C/C(=O)CO)cc1. The van der Waals surface area contributed by atoms with Crippen LogP contribution in [0.25, 0.3) is 11.6 Å². The van der Waals surface area contributed by atoms with Crippen LogP contribution in [0.1, 0.15) is 41.5 Å². The molecule has 3 rings (SSSR count). The van der Waals surface area contributed by atoms with Crippen LogP contribution < -0.4 is 0 Å². The van der Waals surface area contributed by atoms with Crippen molar-refractivity contribution in [3.8, 4) is 0 Å². The van der Waals surface area contributed by atoms with Crippen LogP contribution in [0.3, 0.4) is 0 Å². The van der Waals surface area contributed by atoms with Crippen LogP contribution in [0.15, 0.2) is 60.7 Å². The van der Waals surface area contributed by atoms with Crippen LogP contribution in [-0.4, -0.2) is 46.6 Å². The first kappa shape index (κ1) is 22.7. The monoisotopic (exact) mass is 419 g/mol. The lowest BCUT2D eigenvalue weighted by Crippen LogP contribution is -2.26. The first-order valence-corrected chi connectivity index (χ1v) is 10.7. The number of allylic oxidation sites excluding steroid dienone is 1. The molecule has 0 bridgehead atoms. The first-order chi connectivity index (χ1) is 15.0. The number of fused-ring (bicyclic) bond motifs is 1. The third kappa shape index (κ3) is 7.02. The topological polar surface area (TPSA) is 77.8 Å². The van der Waals surface area contributed by atoms with E-state index in [1.807, 2.05) is 24.3 Å². The van der Waals surface area contributed by atoms with Gasteiger partial charge in [0.15, 0.2) is 5.78 Å². The molecule has 0 aliphatic heterocycles. The van der Waals surface area contributed by atoms with E-state index in [-0.39, 0.29) is 12.2 Å². The van der Waals surface area contributed by atoms with E-state index in [0.29, 0.717) is 6.42 Å². The van der Waals surface area contributed by atoms with Gasteiger partial charge in [-0.1, -0.05) is 60.7 Å². The molecule has 0 amide bonds. The summed E-state index contributed by atoms with van der Waals surface area (Å²) in [5.41, 5.74) is 6.12. The summed E-state index contributed by atoms with van der Waals surface area (Å²) in [6.07, 6.45) is 8.08. The molecule has 5 heteroatoms. The predicted molar refractivity (Wildman–Crippen MR) is 122 cm³/mol. The van der Waals surface area contributed by atoms with Gasteiger partial charge in [0.25, 0.3) is 0 Å². The molecule has 0 spiro atoms. The lowest BCUT2D eigenvalue weighted by molar-refractivity contribution is -0.137. The van der Waals surface area contributed by atoms with Gasteiger partial charge in [-0.25, -0.2) is 0 Å². The average molecular weight is 420 g/mol. The fraction of sp³-hybridized carbons (Fsp3) is 0.308. The number of aliphatic hydroxyl groups excluding tert-OH is 1. The molecular weight excluding hydrogens is 390 g/mol. The minimum atomic E-state index is -0.763. The zero-order valence-electron chi connectivity index (χ0n) is 17.7. The maximum Gasteiger partial charge on any atom is 0.303 e. The van der Waals surface area contributed by atoms with E-state index >= 15 is 0 Å². The minimum Gasteiger partial charge on any atom is -0.481 e. The van der Waals surface area contributed by atoms with Crippen molar-refractivity contribution in [2.75, 3.05) is 19.7 Å². The number of ketones is 1. The normalized spacial score (nSPS) is 12.9. The van der Waals surface area contributed by atoms with E-state index in [1.54, 1.807) is 6.08 Å². The molecule has 0 aromatic heterocycles. The molecule has 1 aliphatic carbocycles. The molecule has 0 fully saturated rings. The lowest BCUT2D eigenvalue weighted by Gasteiger charge is -2.23. The molecule has 0 unspecified atom stereocenters. The largest absolute Gasteiger partial charge is 0.481 e. The van der Waals surface area contributed by atoms with E-state index in [0.717, 1.165) is 43.6 Å². The predicted octanol–water partition coefficient (Wildman–Crippen LogP) is 3.96. The van der Waals surface area contributed by atoms with Gasteiger partial charge in [0.2, 0.25) is 0 Å². The number of carbonyl (C=O) groups is 2. The number of aliphatic carboxylic acids is 1. The quantitative estimate of drug-likeness (QED) is 0.509. The molecule has 5 nitrogen and oxygen atoms in total. The summed E-state index contributed by atoms with van der Waals surface area (Å²) in [5, 5.41) is 17.8. The van der Waals surface area contributed by atoms with E-state index < -0.39 is 12.6 Å². The molecular formula is C26H29NO4. The van der Waals surface area contributed by atoms with Gasteiger partial charge in [0.1, 0.15) is 6.61 Å². The van der Waals surface area contributed by atoms with Gasteiger partial charge < -0.3 is 10.2 Å². The Hall–Kier alpha value is -3.02. The Morgan fingerprint density at radius 2 is 1.81 bits per heavy atom. The smallest absolute Gasteiger partial charge is 0.303 e. The fourth-order valence-corrected chi connectivity index (χ4v) is 3.83. The maximum absolute atomic E-state index is 11.2. The molecule has 0 radical (unpaired) electrons. The highest BCUT2D eigenvalue weighted by Gasteiger charge is 2.15. The van der Waals surface area contributed by atoms with E-state index in [9.17, 15) is 9.59 Å². The van der Waals surface area contributed by atoms with Gasteiger partial charge in [-0.3, -0.25) is 14.5 Å². The van der Waals surface area contributed by atoms with Gasteiger partial charge in [-0.15, -0.1) is 0 Å². The molecule has 162 valence electrons. The number of benzene rings is 2. The summed E-state index contributed by atoms with van der Waals surface area (Å²) < 4.78 is 0. The molecule has 2 N–H and O–H groups in total. The Kier molecular flexibility index (Phi) is 8.33. The number of carboxylic acids is 1. The first-order valence-electron chi connectivity index (χ1n) is 10.7. The average Bonchev–Trinajstić information content (AvgIpc) is 3.19. The highest BCUT2D eigenvalue weighted by molar-refractivity contribution is 5.94. The van der Waals surface area contributed by atoms with Crippen molar-refractivity contribution in [2.45, 2.75) is 32.2 Å². The number of rotatable bonds is 12. The molecule has 0 saturated heterocycles. The second-order valence-corrected chi connectivity index (χ2v) is 7.81. The van der Waals surface area contributed by atoms with Gasteiger partial charge in [0.05, 0.1) is 0 Å². The third-order valence-electron chi connectivity index (χ3n) is 5.50. The van der Waals surface area contributed by atoms with Crippen molar-refractivity contribution in [1.82, 2.24) is 4.90 Å². The molecule has 2 aromatic rings. The molecule has 0 saturated carbocycles. The summed E-state index contributed by atoms with van der Waals surface area (Å²) in [4.78, 5) is 24.5. The zero-order valence-corrected chi connectivity index (χ0v) is 17.7. The molecule has 31 heavy (non-hydrogen) atoms. The van der Waals surface area contributed by atoms with Gasteiger partial charge >= 0.3 is 5.97 Å². The van der Waals surface area contributed by atoms with Crippen molar-refractivity contribution in [2.24, 2.45) is 0 Å². The van der Waals surface area contributed by atoms with Crippen LogP contribution in [0, 0.1) is 0 Å². The summed E-state index contributed by atoms with van der Waals surface area (Å²) >= 11 is 0. The number of carbonyl (C=O) groups excluding carboxylic acids is 1. The third-order valence-corrected chi connectivity index (χ3v) is 5.50. The molecule has 1 aliphatic rings.